The second kappa shape index (κ2) is 14.2. The normalized spacial score (nSPS) is 14.7. The highest BCUT2D eigenvalue weighted by atomic mass is 35.5. The van der Waals surface area contributed by atoms with Crippen molar-refractivity contribution < 1.29 is 22.4 Å². The molecular weight excluding hydrogens is 577 g/mol. The van der Waals surface area contributed by atoms with E-state index in [1.807, 2.05) is 30.3 Å². The molecule has 0 saturated heterocycles. The van der Waals surface area contributed by atoms with E-state index in [1.165, 1.54) is 23.1 Å². The van der Waals surface area contributed by atoms with Gasteiger partial charge in [-0.2, -0.15) is 0 Å². The van der Waals surface area contributed by atoms with Crippen LogP contribution in [0.2, 0.25) is 5.02 Å². The summed E-state index contributed by atoms with van der Waals surface area (Å²) in [7, 11) is -3.91. The average molecular weight is 614 g/mol. The summed E-state index contributed by atoms with van der Waals surface area (Å²) >= 11 is 6.30. The number of aryl methyl sites for hydroxylation is 1. The lowest BCUT2D eigenvalue weighted by Crippen LogP contribution is -2.55. The zero-order chi connectivity index (χ0) is 30.3. The van der Waals surface area contributed by atoms with Gasteiger partial charge >= 0.3 is 0 Å². The number of benzene rings is 3. The number of hydrogen-bond donors (Lipinski definition) is 1. The molecule has 1 atom stereocenters. The smallest absolute Gasteiger partial charge is 0.244 e. The Morgan fingerprint density at radius 2 is 1.64 bits per heavy atom. The minimum absolute atomic E-state index is 0.00881. The maximum Gasteiger partial charge on any atom is 0.244 e. The fourth-order valence-corrected chi connectivity index (χ4v) is 6.25. The maximum atomic E-state index is 14.2. The van der Waals surface area contributed by atoms with Crippen LogP contribution in [0.1, 0.15) is 48.8 Å². The molecule has 7 nitrogen and oxygen atoms in total. The molecule has 0 aromatic heterocycles. The van der Waals surface area contributed by atoms with E-state index < -0.39 is 34.3 Å². The van der Waals surface area contributed by atoms with Gasteiger partial charge in [-0.3, -0.25) is 13.9 Å². The number of halogens is 2. The third-order valence-electron chi connectivity index (χ3n) is 7.61. The van der Waals surface area contributed by atoms with Crippen LogP contribution < -0.4 is 9.62 Å². The summed E-state index contributed by atoms with van der Waals surface area (Å²) in [6.07, 6.45) is 6.15. The van der Waals surface area contributed by atoms with Crippen LogP contribution >= 0.6 is 11.6 Å². The highest BCUT2D eigenvalue weighted by molar-refractivity contribution is 7.92. The monoisotopic (exact) mass is 613 g/mol. The fourth-order valence-electron chi connectivity index (χ4n) is 5.24. The predicted octanol–water partition coefficient (Wildman–Crippen LogP) is 5.64. The minimum atomic E-state index is -3.91. The van der Waals surface area contributed by atoms with Crippen LogP contribution in [-0.2, 0) is 32.6 Å². The number of amides is 2. The highest BCUT2D eigenvalue weighted by Gasteiger charge is 2.34. The largest absolute Gasteiger partial charge is 0.352 e. The lowest BCUT2D eigenvalue weighted by Gasteiger charge is -2.35. The molecule has 224 valence electrons. The van der Waals surface area contributed by atoms with Crippen molar-refractivity contribution in [2.45, 2.75) is 64.1 Å². The molecular formula is C32H37ClFN3O4S. The first-order chi connectivity index (χ1) is 20.0. The Kier molecular flexibility index (Phi) is 10.6. The Morgan fingerprint density at radius 1 is 0.976 bits per heavy atom. The van der Waals surface area contributed by atoms with Gasteiger partial charge in [0.25, 0.3) is 0 Å². The van der Waals surface area contributed by atoms with E-state index in [9.17, 15) is 22.4 Å². The van der Waals surface area contributed by atoms with Crippen LogP contribution in [0.5, 0.6) is 0 Å². The highest BCUT2D eigenvalue weighted by Crippen LogP contribution is 2.26. The molecule has 4 rings (SSSR count). The SMILES string of the molecule is Cc1ccc(N(CC(=O)N(Cc2ccc(F)cc2)[C@H](Cc2ccccc2)C(=O)NC2CCCCC2)S(C)(=O)=O)cc1Cl. The fraction of sp³-hybridized carbons (Fsp3) is 0.375. The third-order valence-corrected chi connectivity index (χ3v) is 9.16. The van der Waals surface area contributed by atoms with Gasteiger partial charge in [-0.25, -0.2) is 12.8 Å². The van der Waals surface area contributed by atoms with Crippen LogP contribution in [0.15, 0.2) is 72.8 Å². The molecule has 1 aliphatic rings. The lowest BCUT2D eigenvalue weighted by molar-refractivity contribution is -0.140. The molecule has 42 heavy (non-hydrogen) atoms. The molecule has 1 N–H and O–H groups in total. The van der Waals surface area contributed by atoms with E-state index in [1.54, 1.807) is 31.2 Å². The van der Waals surface area contributed by atoms with E-state index >= 15 is 0 Å². The van der Waals surface area contributed by atoms with Gasteiger partial charge in [0.05, 0.1) is 11.9 Å². The van der Waals surface area contributed by atoms with Gasteiger partial charge in [0.1, 0.15) is 18.4 Å². The van der Waals surface area contributed by atoms with E-state index in [0.29, 0.717) is 10.6 Å². The number of hydrogen-bond acceptors (Lipinski definition) is 4. The second-order valence-electron chi connectivity index (χ2n) is 10.9. The molecule has 0 heterocycles. The van der Waals surface area contributed by atoms with Crippen molar-refractivity contribution >= 4 is 39.1 Å². The zero-order valence-corrected chi connectivity index (χ0v) is 25.5. The van der Waals surface area contributed by atoms with Crippen molar-refractivity contribution in [1.82, 2.24) is 10.2 Å². The van der Waals surface area contributed by atoms with E-state index in [-0.39, 0.29) is 30.6 Å². The number of sulfonamides is 1. The molecule has 2 amide bonds. The van der Waals surface area contributed by atoms with Crippen LogP contribution in [0.25, 0.3) is 0 Å². The first-order valence-electron chi connectivity index (χ1n) is 14.1. The van der Waals surface area contributed by atoms with Crippen molar-refractivity contribution in [3.63, 3.8) is 0 Å². The van der Waals surface area contributed by atoms with Crippen LogP contribution in [0.4, 0.5) is 10.1 Å². The Balaban J connectivity index is 1.72. The molecule has 3 aromatic carbocycles. The Hall–Kier alpha value is -3.43. The molecule has 1 fully saturated rings. The van der Waals surface area contributed by atoms with E-state index in [4.69, 9.17) is 11.6 Å². The summed E-state index contributed by atoms with van der Waals surface area (Å²) in [4.78, 5) is 29.5. The minimum Gasteiger partial charge on any atom is -0.352 e. The van der Waals surface area contributed by atoms with Gasteiger partial charge in [-0.15, -0.1) is 0 Å². The summed E-state index contributed by atoms with van der Waals surface area (Å²) < 4.78 is 40.6. The third kappa shape index (κ3) is 8.55. The average Bonchev–Trinajstić information content (AvgIpc) is 2.96. The number of nitrogens with one attached hydrogen (secondary N) is 1. The number of carbonyl (C=O) groups excluding carboxylic acids is 2. The summed E-state index contributed by atoms with van der Waals surface area (Å²) in [5, 5.41) is 3.52. The Bertz CT molecular complexity index is 1480. The molecule has 0 unspecified atom stereocenters. The van der Waals surface area contributed by atoms with Gasteiger partial charge in [0, 0.05) is 24.0 Å². The topological polar surface area (TPSA) is 86.8 Å². The zero-order valence-electron chi connectivity index (χ0n) is 23.9. The predicted molar refractivity (Wildman–Crippen MR) is 164 cm³/mol. The van der Waals surface area contributed by atoms with Gasteiger partial charge in [-0.1, -0.05) is 79.4 Å². The number of nitrogens with zero attached hydrogens (tertiary/aromatic N) is 2. The molecule has 0 bridgehead atoms. The maximum absolute atomic E-state index is 14.2. The number of rotatable bonds is 11. The van der Waals surface area contributed by atoms with Crippen molar-refractivity contribution in [1.29, 1.82) is 0 Å². The second-order valence-corrected chi connectivity index (χ2v) is 13.2. The Morgan fingerprint density at radius 3 is 2.26 bits per heavy atom. The van der Waals surface area contributed by atoms with E-state index in [2.05, 4.69) is 5.32 Å². The van der Waals surface area contributed by atoms with Crippen LogP contribution in [0, 0.1) is 12.7 Å². The first-order valence-corrected chi connectivity index (χ1v) is 16.4. The molecule has 0 aliphatic heterocycles. The van der Waals surface area contributed by atoms with Crippen LogP contribution in [0.3, 0.4) is 0 Å². The quantitative estimate of drug-likeness (QED) is 0.303. The van der Waals surface area contributed by atoms with Crippen molar-refractivity contribution in [3.8, 4) is 0 Å². The van der Waals surface area contributed by atoms with Gasteiger partial charge < -0.3 is 10.2 Å². The summed E-state index contributed by atoms with van der Waals surface area (Å²) in [5.41, 5.74) is 2.47. The van der Waals surface area contributed by atoms with Gasteiger partial charge in [0.2, 0.25) is 21.8 Å². The Labute approximate surface area is 252 Å². The van der Waals surface area contributed by atoms with Gasteiger partial charge in [-0.05, 0) is 60.7 Å². The van der Waals surface area contributed by atoms with E-state index in [0.717, 1.165) is 53.8 Å². The molecule has 3 aromatic rings. The van der Waals surface area contributed by atoms with Crippen molar-refractivity contribution in [2.24, 2.45) is 0 Å². The molecule has 10 heteroatoms. The lowest BCUT2D eigenvalue weighted by atomic mass is 9.94. The number of anilines is 1. The summed E-state index contributed by atoms with van der Waals surface area (Å²) in [5.74, 6) is -1.29. The molecule has 0 radical (unpaired) electrons. The molecule has 1 saturated carbocycles. The standard InChI is InChI=1S/C32H37ClFN3O4S/c1-23-13-18-28(20-29(23)33)37(42(2,40)41)22-31(38)36(21-25-14-16-26(34)17-15-25)30(19-24-9-5-3-6-10-24)32(39)35-27-11-7-4-8-12-27/h3,5-6,9-10,13-18,20,27,30H,4,7-8,11-12,19,21-22H2,1-2H3,(H,35,39)/t30-/m1/s1. The number of carbonyl (C=O) groups is 2. The molecule has 0 spiro atoms. The summed E-state index contributed by atoms with van der Waals surface area (Å²) in [6, 6.07) is 18.9. The van der Waals surface area contributed by atoms with Crippen molar-refractivity contribution in [2.75, 3.05) is 17.1 Å². The van der Waals surface area contributed by atoms with Gasteiger partial charge in [0.15, 0.2) is 0 Å². The van der Waals surface area contributed by atoms with Crippen LogP contribution in [-0.4, -0.2) is 50.0 Å². The molecule has 1 aliphatic carbocycles. The summed E-state index contributed by atoms with van der Waals surface area (Å²) in [6.45, 7) is 1.24. The first kappa shape index (κ1) is 31.5. The van der Waals surface area contributed by atoms with Crippen molar-refractivity contribution in [3.05, 3.63) is 100 Å².